The first kappa shape index (κ1) is 22.4. The predicted molar refractivity (Wildman–Crippen MR) is 136 cm³/mol. The van der Waals surface area contributed by atoms with Crippen molar-refractivity contribution in [1.82, 2.24) is 24.7 Å². The van der Waals surface area contributed by atoms with Crippen LogP contribution < -0.4 is 10.1 Å². The van der Waals surface area contributed by atoms with Gasteiger partial charge in [0.05, 0.1) is 34.9 Å². The summed E-state index contributed by atoms with van der Waals surface area (Å²) in [5, 5.41) is 8.60. The molecule has 9 heteroatoms. The number of nitrogens with zero attached hydrogens (tertiary/aromatic N) is 5. The van der Waals surface area contributed by atoms with Crippen LogP contribution in [0, 0.1) is 11.7 Å². The number of fused-ring (bicyclic) bond motifs is 2. The van der Waals surface area contributed by atoms with Gasteiger partial charge in [-0.15, -0.1) is 0 Å². The molecule has 0 saturated carbocycles. The Hall–Kier alpha value is -4.11. The topological polar surface area (TPSA) is 87.0 Å². The second kappa shape index (κ2) is 9.16. The second-order valence-corrected chi connectivity index (χ2v) is 9.06. The third kappa shape index (κ3) is 4.11. The summed E-state index contributed by atoms with van der Waals surface area (Å²) in [5.41, 5.74) is 3.44. The molecule has 3 aromatic heterocycles. The van der Waals surface area contributed by atoms with Crippen molar-refractivity contribution in [3.63, 3.8) is 0 Å². The normalized spacial score (nSPS) is 16.5. The number of aryl methyl sites for hydroxylation is 1. The number of hydrogen-bond donors (Lipinski definition) is 1. The average Bonchev–Trinajstić information content (AvgIpc) is 3.58. The van der Waals surface area contributed by atoms with Crippen molar-refractivity contribution in [2.75, 3.05) is 18.5 Å². The quantitative estimate of drug-likeness (QED) is 0.352. The van der Waals surface area contributed by atoms with Gasteiger partial charge in [-0.2, -0.15) is 5.10 Å². The standard InChI is InChI=1S/C27H25FN6O2/c1-16(17-7-9-35-14-17)36-24-11-18(19-12-32-34(2)13-19)10-23-25(24)27(31-15-30-23)33-22-6-5-21-20(26(22)28)4-3-8-29-21/h3-6,8,10-13,15-17H,7,9,14H2,1-2H3,(H,30,31,33)/t16-,17-/m1/s1. The van der Waals surface area contributed by atoms with E-state index in [1.165, 1.54) is 6.33 Å². The lowest BCUT2D eigenvalue weighted by molar-refractivity contribution is 0.124. The molecule has 0 amide bonds. The molecule has 5 aromatic rings. The molecule has 2 aromatic carbocycles. The number of hydrogen-bond acceptors (Lipinski definition) is 7. The van der Waals surface area contributed by atoms with E-state index in [0.717, 1.165) is 24.2 Å². The van der Waals surface area contributed by atoms with Gasteiger partial charge in [0, 0.05) is 42.9 Å². The number of benzene rings is 2. The van der Waals surface area contributed by atoms with Gasteiger partial charge in [0.1, 0.15) is 24.0 Å². The zero-order valence-electron chi connectivity index (χ0n) is 20.0. The number of anilines is 2. The van der Waals surface area contributed by atoms with Gasteiger partial charge in [-0.25, -0.2) is 14.4 Å². The highest BCUT2D eigenvalue weighted by Gasteiger charge is 2.25. The van der Waals surface area contributed by atoms with Crippen LogP contribution in [0.2, 0.25) is 0 Å². The maximum atomic E-state index is 15.4. The lowest BCUT2D eigenvalue weighted by atomic mass is 10.0. The van der Waals surface area contributed by atoms with Crippen LogP contribution in [0.25, 0.3) is 32.9 Å². The Bertz CT molecular complexity index is 1560. The Labute approximate surface area is 207 Å². The molecule has 0 unspecified atom stereocenters. The summed E-state index contributed by atoms with van der Waals surface area (Å²) >= 11 is 0. The number of pyridine rings is 1. The Kier molecular flexibility index (Phi) is 5.69. The average molecular weight is 485 g/mol. The molecular formula is C27H25FN6O2. The summed E-state index contributed by atoms with van der Waals surface area (Å²) in [5.74, 6) is 0.980. The summed E-state index contributed by atoms with van der Waals surface area (Å²) in [4.78, 5) is 13.2. The molecule has 1 N–H and O–H groups in total. The van der Waals surface area contributed by atoms with Gasteiger partial charge in [0.25, 0.3) is 0 Å². The Morgan fingerprint density at radius 1 is 1.14 bits per heavy atom. The van der Waals surface area contributed by atoms with E-state index in [9.17, 15) is 0 Å². The molecule has 1 aliphatic rings. The minimum absolute atomic E-state index is 0.0867. The van der Waals surface area contributed by atoms with Crippen molar-refractivity contribution in [3.05, 3.63) is 67.1 Å². The minimum Gasteiger partial charge on any atom is -0.489 e. The van der Waals surface area contributed by atoms with E-state index in [1.54, 1.807) is 41.3 Å². The van der Waals surface area contributed by atoms with Gasteiger partial charge in [0.15, 0.2) is 5.82 Å². The van der Waals surface area contributed by atoms with E-state index in [4.69, 9.17) is 9.47 Å². The van der Waals surface area contributed by atoms with Crippen molar-refractivity contribution in [2.24, 2.45) is 13.0 Å². The maximum absolute atomic E-state index is 15.4. The molecule has 0 radical (unpaired) electrons. The summed E-state index contributed by atoms with van der Waals surface area (Å²) in [6.45, 7) is 3.45. The van der Waals surface area contributed by atoms with Gasteiger partial charge in [-0.05, 0) is 55.3 Å². The Morgan fingerprint density at radius 3 is 2.86 bits per heavy atom. The van der Waals surface area contributed by atoms with Crippen LogP contribution in [0.3, 0.4) is 0 Å². The predicted octanol–water partition coefficient (Wildman–Crippen LogP) is 5.27. The zero-order valence-corrected chi connectivity index (χ0v) is 20.0. The lowest BCUT2D eigenvalue weighted by Gasteiger charge is -2.22. The van der Waals surface area contributed by atoms with E-state index in [0.29, 0.717) is 45.7 Å². The van der Waals surface area contributed by atoms with E-state index in [2.05, 4.69) is 32.3 Å². The molecule has 4 heterocycles. The number of rotatable bonds is 6. The van der Waals surface area contributed by atoms with Crippen LogP contribution in [0.1, 0.15) is 13.3 Å². The minimum atomic E-state index is -0.390. The molecule has 0 bridgehead atoms. The smallest absolute Gasteiger partial charge is 0.156 e. The van der Waals surface area contributed by atoms with Crippen LogP contribution in [-0.4, -0.2) is 44.1 Å². The van der Waals surface area contributed by atoms with Gasteiger partial charge in [-0.1, -0.05) is 0 Å². The van der Waals surface area contributed by atoms with E-state index < -0.39 is 5.82 Å². The second-order valence-electron chi connectivity index (χ2n) is 9.06. The molecule has 36 heavy (non-hydrogen) atoms. The SMILES string of the molecule is C[C@@H](Oc1cc(-c2cnn(C)c2)cc2ncnc(Nc3ccc4ncccc4c3F)c12)[C@@H]1CCOC1. The molecule has 1 aliphatic heterocycles. The molecule has 182 valence electrons. The van der Waals surface area contributed by atoms with Gasteiger partial charge >= 0.3 is 0 Å². The number of halogens is 1. The van der Waals surface area contributed by atoms with Crippen molar-refractivity contribution < 1.29 is 13.9 Å². The van der Waals surface area contributed by atoms with Gasteiger partial charge < -0.3 is 14.8 Å². The van der Waals surface area contributed by atoms with Gasteiger partial charge in [-0.3, -0.25) is 9.67 Å². The first-order valence-electron chi connectivity index (χ1n) is 11.9. The summed E-state index contributed by atoms with van der Waals surface area (Å²) in [6, 6.07) is 10.8. The number of ether oxygens (including phenoxy) is 2. The number of nitrogens with one attached hydrogen (secondary N) is 1. The highest BCUT2D eigenvalue weighted by molar-refractivity contribution is 5.99. The molecule has 0 spiro atoms. The van der Waals surface area contributed by atoms with Crippen molar-refractivity contribution in [2.45, 2.75) is 19.4 Å². The van der Waals surface area contributed by atoms with Crippen LogP contribution in [0.15, 0.2) is 61.3 Å². The lowest BCUT2D eigenvalue weighted by Crippen LogP contribution is -2.24. The van der Waals surface area contributed by atoms with Crippen molar-refractivity contribution in [3.8, 4) is 16.9 Å². The first-order chi connectivity index (χ1) is 17.6. The Morgan fingerprint density at radius 2 is 2.06 bits per heavy atom. The first-order valence-corrected chi connectivity index (χ1v) is 11.9. The molecule has 6 rings (SSSR count). The number of aromatic nitrogens is 5. The van der Waals surface area contributed by atoms with Crippen LogP contribution in [0.5, 0.6) is 5.75 Å². The van der Waals surface area contributed by atoms with E-state index >= 15 is 4.39 Å². The van der Waals surface area contributed by atoms with Crippen molar-refractivity contribution in [1.29, 1.82) is 0 Å². The van der Waals surface area contributed by atoms with E-state index in [1.807, 2.05) is 25.4 Å². The third-order valence-electron chi connectivity index (χ3n) is 6.65. The molecule has 1 fully saturated rings. The van der Waals surface area contributed by atoms with E-state index in [-0.39, 0.29) is 12.0 Å². The molecule has 2 atom stereocenters. The molecule has 0 aliphatic carbocycles. The van der Waals surface area contributed by atoms with Gasteiger partial charge in [0.2, 0.25) is 0 Å². The fourth-order valence-corrected chi connectivity index (χ4v) is 4.64. The summed E-state index contributed by atoms with van der Waals surface area (Å²) in [7, 11) is 1.88. The summed E-state index contributed by atoms with van der Waals surface area (Å²) < 4.78 is 29.2. The zero-order chi connectivity index (χ0) is 24.6. The monoisotopic (exact) mass is 484 g/mol. The highest BCUT2D eigenvalue weighted by Crippen LogP contribution is 2.38. The third-order valence-corrected chi connectivity index (χ3v) is 6.65. The highest BCUT2D eigenvalue weighted by atomic mass is 19.1. The van der Waals surface area contributed by atoms with Crippen LogP contribution >= 0.6 is 0 Å². The summed E-state index contributed by atoms with van der Waals surface area (Å²) in [6.07, 6.45) is 7.72. The fourth-order valence-electron chi connectivity index (χ4n) is 4.64. The van der Waals surface area contributed by atoms with Crippen LogP contribution in [-0.2, 0) is 11.8 Å². The maximum Gasteiger partial charge on any atom is 0.156 e. The van der Waals surface area contributed by atoms with Crippen LogP contribution in [0.4, 0.5) is 15.9 Å². The Balaban J connectivity index is 1.47. The molecule has 8 nitrogen and oxygen atoms in total. The van der Waals surface area contributed by atoms with Crippen molar-refractivity contribution >= 4 is 33.3 Å². The fraction of sp³-hybridized carbons (Fsp3) is 0.259. The molecular weight excluding hydrogens is 459 g/mol. The largest absolute Gasteiger partial charge is 0.489 e. The molecule has 1 saturated heterocycles.